The van der Waals surface area contributed by atoms with Crippen molar-refractivity contribution >= 4 is 28.7 Å². The van der Waals surface area contributed by atoms with E-state index in [-0.39, 0.29) is 0 Å². The van der Waals surface area contributed by atoms with Gasteiger partial charge in [0.2, 0.25) is 0 Å². The molecule has 2 rings (SSSR count). The van der Waals surface area contributed by atoms with E-state index in [0.717, 1.165) is 0 Å². The van der Waals surface area contributed by atoms with E-state index in [1.807, 2.05) is 0 Å². The fourth-order valence-electron chi connectivity index (χ4n) is 1.61. The van der Waals surface area contributed by atoms with Gasteiger partial charge in [0.25, 0.3) is 0 Å². The summed E-state index contributed by atoms with van der Waals surface area (Å²) >= 11 is 5.78. The van der Waals surface area contributed by atoms with Crippen LogP contribution < -0.4 is 15.8 Å². The molecule has 0 atom stereocenters. The van der Waals surface area contributed by atoms with Gasteiger partial charge in [0, 0.05) is 10.7 Å². The molecule has 0 heterocycles. The van der Waals surface area contributed by atoms with Crippen molar-refractivity contribution < 1.29 is 9.13 Å². The van der Waals surface area contributed by atoms with E-state index in [9.17, 15) is 4.39 Å². The Bertz CT molecular complexity index is 555. The van der Waals surface area contributed by atoms with Gasteiger partial charge in [-0.3, -0.25) is 0 Å². The first-order valence-electron chi connectivity index (χ1n) is 5.26. The lowest BCUT2D eigenvalue weighted by atomic mass is 10.2. The van der Waals surface area contributed by atoms with Crippen LogP contribution in [-0.2, 0) is 0 Å². The van der Waals surface area contributed by atoms with Crippen LogP contribution in [0.1, 0.15) is 0 Å². The lowest BCUT2D eigenvalue weighted by Crippen LogP contribution is -1.99. The smallest absolute Gasteiger partial charge is 0.143 e. The van der Waals surface area contributed by atoms with Crippen LogP contribution in [0.3, 0.4) is 0 Å². The van der Waals surface area contributed by atoms with Gasteiger partial charge in [-0.05, 0) is 30.3 Å². The minimum absolute atomic E-state index is 0.318. The summed E-state index contributed by atoms with van der Waals surface area (Å²) in [6.07, 6.45) is 0. The number of anilines is 3. The van der Waals surface area contributed by atoms with Crippen LogP contribution in [-0.4, -0.2) is 7.11 Å². The molecule has 3 N–H and O–H groups in total. The first-order chi connectivity index (χ1) is 8.60. The summed E-state index contributed by atoms with van der Waals surface area (Å²) in [4.78, 5) is 0. The van der Waals surface area contributed by atoms with Crippen molar-refractivity contribution in [2.75, 3.05) is 18.2 Å². The second kappa shape index (κ2) is 5.14. The van der Waals surface area contributed by atoms with Crippen molar-refractivity contribution in [1.82, 2.24) is 0 Å². The molecule has 3 nitrogen and oxygen atoms in total. The van der Waals surface area contributed by atoms with Crippen molar-refractivity contribution in [3.8, 4) is 5.75 Å². The van der Waals surface area contributed by atoms with Crippen molar-refractivity contribution in [2.24, 2.45) is 0 Å². The third kappa shape index (κ3) is 2.65. The van der Waals surface area contributed by atoms with Crippen molar-refractivity contribution in [3.63, 3.8) is 0 Å². The molecule has 0 aliphatic rings. The Balaban J connectivity index is 2.34. The Morgan fingerprint density at radius 2 is 2.06 bits per heavy atom. The molecule has 2 aromatic rings. The summed E-state index contributed by atoms with van der Waals surface area (Å²) in [5, 5.41) is 3.32. The summed E-state index contributed by atoms with van der Waals surface area (Å²) < 4.78 is 18.3. The van der Waals surface area contributed by atoms with Crippen LogP contribution in [0.25, 0.3) is 0 Å². The van der Waals surface area contributed by atoms with E-state index in [1.54, 1.807) is 24.3 Å². The third-order valence-corrected chi connectivity index (χ3v) is 2.65. The van der Waals surface area contributed by atoms with E-state index >= 15 is 0 Å². The molecule has 18 heavy (non-hydrogen) atoms. The van der Waals surface area contributed by atoms with Gasteiger partial charge in [-0.1, -0.05) is 17.7 Å². The number of methoxy groups -OCH3 is 1. The zero-order valence-electron chi connectivity index (χ0n) is 9.71. The summed E-state index contributed by atoms with van der Waals surface area (Å²) in [5.74, 6) is 0.147. The molecule has 0 aliphatic carbocycles. The number of hydrogen-bond donors (Lipinski definition) is 2. The zero-order chi connectivity index (χ0) is 13.1. The summed E-state index contributed by atoms with van der Waals surface area (Å²) in [7, 11) is 1.54. The highest BCUT2D eigenvalue weighted by Gasteiger charge is 2.06. The summed E-state index contributed by atoms with van der Waals surface area (Å²) in [6.45, 7) is 0. The fourth-order valence-corrected chi connectivity index (χ4v) is 1.83. The minimum atomic E-state index is -0.411. The highest BCUT2D eigenvalue weighted by molar-refractivity contribution is 6.30. The van der Waals surface area contributed by atoms with Gasteiger partial charge in [0.15, 0.2) is 0 Å². The van der Waals surface area contributed by atoms with Crippen LogP contribution >= 0.6 is 11.6 Å². The number of para-hydroxylation sites is 1. The molecule has 2 aromatic carbocycles. The molecular weight excluding hydrogens is 255 g/mol. The van der Waals surface area contributed by atoms with Crippen LogP contribution in [0.15, 0.2) is 36.4 Å². The molecule has 5 heteroatoms. The number of rotatable bonds is 3. The van der Waals surface area contributed by atoms with E-state index in [0.29, 0.717) is 27.8 Å². The monoisotopic (exact) mass is 266 g/mol. The summed E-state index contributed by atoms with van der Waals surface area (Å²) in [5.41, 5.74) is 7.53. The van der Waals surface area contributed by atoms with Gasteiger partial charge in [0.05, 0.1) is 18.5 Å². The molecule has 0 amide bonds. The maximum atomic E-state index is 13.2. The Labute approximate surface area is 109 Å². The molecule has 0 aliphatic heterocycles. The van der Waals surface area contributed by atoms with Gasteiger partial charge < -0.3 is 15.8 Å². The molecular formula is C13H12ClFN2O. The topological polar surface area (TPSA) is 47.3 Å². The molecule has 0 bridgehead atoms. The predicted molar refractivity (Wildman–Crippen MR) is 72.1 cm³/mol. The normalized spacial score (nSPS) is 10.2. The number of ether oxygens (including phenoxy) is 1. The lowest BCUT2D eigenvalue weighted by Gasteiger charge is -2.12. The molecule has 0 unspecified atom stereocenters. The number of halogens is 2. The van der Waals surface area contributed by atoms with Crippen LogP contribution in [0.5, 0.6) is 5.75 Å². The predicted octanol–water partition coefficient (Wildman–Crippen LogP) is 3.81. The Morgan fingerprint density at radius 1 is 1.28 bits per heavy atom. The minimum Gasteiger partial charge on any atom is -0.495 e. The average molecular weight is 267 g/mol. The van der Waals surface area contributed by atoms with Crippen LogP contribution in [0, 0.1) is 5.82 Å². The number of benzene rings is 2. The summed E-state index contributed by atoms with van der Waals surface area (Å²) in [6, 6.07) is 9.50. The average Bonchev–Trinajstić information content (AvgIpc) is 2.30. The van der Waals surface area contributed by atoms with Crippen molar-refractivity contribution in [3.05, 3.63) is 47.2 Å². The fraction of sp³-hybridized carbons (Fsp3) is 0.0769. The van der Waals surface area contributed by atoms with Crippen molar-refractivity contribution in [1.29, 1.82) is 0 Å². The number of nitrogen functional groups attached to an aromatic ring is 1. The number of nitrogens with two attached hydrogens (primary N) is 1. The molecule has 0 aromatic heterocycles. The van der Waals surface area contributed by atoms with E-state index in [2.05, 4.69) is 5.32 Å². The molecule has 0 spiro atoms. The van der Waals surface area contributed by atoms with Gasteiger partial charge in [0.1, 0.15) is 11.6 Å². The first kappa shape index (κ1) is 12.5. The molecule has 0 saturated heterocycles. The highest BCUT2D eigenvalue weighted by Crippen LogP contribution is 2.32. The van der Waals surface area contributed by atoms with Gasteiger partial charge >= 0.3 is 0 Å². The molecule has 94 valence electrons. The largest absolute Gasteiger partial charge is 0.495 e. The molecule has 0 radical (unpaired) electrons. The van der Waals surface area contributed by atoms with E-state index in [1.165, 1.54) is 19.2 Å². The number of nitrogens with one attached hydrogen (secondary N) is 1. The lowest BCUT2D eigenvalue weighted by molar-refractivity contribution is 0.417. The Morgan fingerprint density at radius 3 is 2.72 bits per heavy atom. The van der Waals surface area contributed by atoms with Crippen LogP contribution in [0.2, 0.25) is 5.02 Å². The van der Waals surface area contributed by atoms with E-state index < -0.39 is 5.82 Å². The Hall–Kier alpha value is -1.94. The van der Waals surface area contributed by atoms with Gasteiger partial charge in [-0.15, -0.1) is 0 Å². The third-order valence-electron chi connectivity index (χ3n) is 2.43. The van der Waals surface area contributed by atoms with Crippen molar-refractivity contribution in [2.45, 2.75) is 0 Å². The standard InChI is InChI=1S/C13H12ClFN2O/c1-18-12-4-2-3-11(13(12)16)17-10-6-8(14)5-9(15)7-10/h2-7,17H,16H2,1H3. The quantitative estimate of drug-likeness (QED) is 0.831. The molecule has 0 fully saturated rings. The molecule has 0 saturated carbocycles. The SMILES string of the molecule is COc1cccc(Nc2cc(F)cc(Cl)c2)c1N. The van der Waals surface area contributed by atoms with Crippen LogP contribution in [0.4, 0.5) is 21.5 Å². The second-order valence-electron chi connectivity index (χ2n) is 3.70. The highest BCUT2D eigenvalue weighted by atomic mass is 35.5. The first-order valence-corrected chi connectivity index (χ1v) is 5.63. The number of hydrogen-bond acceptors (Lipinski definition) is 3. The van der Waals surface area contributed by atoms with Gasteiger partial charge in [-0.25, -0.2) is 4.39 Å². The van der Waals surface area contributed by atoms with Gasteiger partial charge in [-0.2, -0.15) is 0 Å². The second-order valence-corrected chi connectivity index (χ2v) is 4.14. The Kier molecular flexibility index (Phi) is 3.58. The maximum absolute atomic E-state index is 13.2. The van der Waals surface area contributed by atoms with E-state index in [4.69, 9.17) is 22.1 Å². The maximum Gasteiger partial charge on any atom is 0.143 e. The zero-order valence-corrected chi connectivity index (χ0v) is 10.5.